The van der Waals surface area contributed by atoms with E-state index >= 15 is 0 Å². The lowest BCUT2D eigenvalue weighted by atomic mass is 10.2. The lowest BCUT2D eigenvalue weighted by Gasteiger charge is -2.17. The maximum Gasteiger partial charge on any atom is 0.317 e. The smallest absolute Gasteiger partial charge is 0.317 e. The first-order chi connectivity index (χ1) is 10.2. The molecule has 0 saturated carbocycles. The standard InChI is InChI=1S/C14H14N4OS2/c1-18(14(19)15-8-11-3-2-6-20-11)9-10-4-5-12-13(7-10)17-21-16-12/h2-7H,8-9H2,1H3,(H,15,19). The fourth-order valence-electron chi connectivity index (χ4n) is 1.98. The summed E-state index contributed by atoms with van der Waals surface area (Å²) in [5.41, 5.74) is 2.82. The molecular formula is C14H14N4OS2. The third-order valence-electron chi connectivity index (χ3n) is 3.08. The van der Waals surface area contributed by atoms with Crippen molar-refractivity contribution >= 4 is 40.1 Å². The Kier molecular flexibility index (Phi) is 4.12. The Balaban J connectivity index is 1.59. The van der Waals surface area contributed by atoms with E-state index in [-0.39, 0.29) is 6.03 Å². The van der Waals surface area contributed by atoms with Crippen LogP contribution in [0.1, 0.15) is 10.4 Å². The Morgan fingerprint density at radius 3 is 2.95 bits per heavy atom. The zero-order valence-corrected chi connectivity index (χ0v) is 13.1. The summed E-state index contributed by atoms with van der Waals surface area (Å²) in [6.45, 7) is 1.11. The van der Waals surface area contributed by atoms with Crippen molar-refractivity contribution in [1.29, 1.82) is 0 Å². The first kappa shape index (κ1) is 14.0. The number of fused-ring (bicyclic) bond motifs is 1. The van der Waals surface area contributed by atoms with Gasteiger partial charge in [0.15, 0.2) is 0 Å². The van der Waals surface area contributed by atoms with Crippen LogP contribution >= 0.6 is 23.1 Å². The molecule has 21 heavy (non-hydrogen) atoms. The van der Waals surface area contributed by atoms with Crippen LogP contribution in [-0.4, -0.2) is 26.7 Å². The van der Waals surface area contributed by atoms with E-state index in [4.69, 9.17) is 0 Å². The van der Waals surface area contributed by atoms with Crippen LogP contribution in [0.2, 0.25) is 0 Å². The van der Waals surface area contributed by atoms with Crippen molar-refractivity contribution in [2.24, 2.45) is 0 Å². The molecule has 108 valence electrons. The molecule has 0 radical (unpaired) electrons. The number of urea groups is 1. The molecule has 0 unspecified atom stereocenters. The van der Waals surface area contributed by atoms with Gasteiger partial charge in [-0.1, -0.05) is 12.1 Å². The van der Waals surface area contributed by atoms with E-state index in [1.807, 2.05) is 35.7 Å². The van der Waals surface area contributed by atoms with Gasteiger partial charge in [-0.05, 0) is 29.1 Å². The fourth-order valence-corrected chi connectivity index (χ4v) is 3.14. The Bertz CT molecular complexity index is 738. The summed E-state index contributed by atoms with van der Waals surface area (Å²) in [5.74, 6) is 0. The summed E-state index contributed by atoms with van der Waals surface area (Å²) in [7, 11) is 1.78. The topological polar surface area (TPSA) is 58.1 Å². The predicted octanol–water partition coefficient (Wildman–Crippen LogP) is 3.09. The van der Waals surface area contributed by atoms with Gasteiger partial charge in [-0.3, -0.25) is 0 Å². The van der Waals surface area contributed by atoms with Crippen molar-refractivity contribution in [2.45, 2.75) is 13.1 Å². The molecule has 0 saturated heterocycles. The maximum absolute atomic E-state index is 12.0. The van der Waals surface area contributed by atoms with Crippen LogP contribution in [0.3, 0.4) is 0 Å². The summed E-state index contributed by atoms with van der Waals surface area (Å²) in [6, 6.07) is 9.79. The molecule has 0 atom stereocenters. The Morgan fingerprint density at radius 2 is 2.14 bits per heavy atom. The summed E-state index contributed by atoms with van der Waals surface area (Å²) in [5, 5.41) is 4.91. The van der Waals surface area contributed by atoms with Crippen LogP contribution < -0.4 is 5.32 Å². The predicted molar refractivity (Wildman–Crippen MR) is 85.4 cm³/mol. The van der Waals surface area contributed by atoms with E-state index < -0.39 is 0 Å². The van der Waals surface area contributed by atoms with E-state index in [1.165, 1.54) is 11.7 Å². The number of hydrogen-bond donors (Lipinski definition) is 1. The molecule has 0 aliphatic carbocycles. The Hall–Kier alpha value is -1.99. The highest BCUT2D eigenvalue weighted by Crippen LogP contribution is 2.15. The van der Waals surface area contributed by atoms with Gasteiger partial charge in [0.25, 0.3) is 0 Å². The highest BCUT2D eigenvalue weighted by molar-refractivity contribution is 7.09. The van der Waals surface area contributed by atoms with Gasteiger partial charge in [-0.25, -0.2) is 4.79 Å². The fraction of sp³-hybridized carbons (Fsp3) is 0.214. The van der Waals surface area contributed by atoms with Gasteiger partial charge in [0.1, 0.15) is 11.0 Å². The molecule has 0 aliphatic rings. The molecule has 1 N–H and O–H groups in total. The zero-order valence-electron chi connectivity index (χ0n) is 11.4. The van der Waals surface area contributed by atoms with Crippen molar-refractivity contribution in [1.82, 2.24) is 19.0 Å². The van der Waals surface area contributed by atoms with Gasteiger partial charge >= 0.3 is 6.03 Å². The third-order valence-corrected chi connectivity index (χ3v) is 4.51. The molecule has 2 aromatic heterocycles. The largest absolute Gasteiger partial charge is 0.333 e. The summed E-state index contributed by atoms with van der Waals surface area (Å²) >= 11 is 2.84. The molecule has 2 amide bonds. The normalized spacial score (nSPS) is 10.7. The number of hydrogen-bond acceptors (Lipinski definition) is 5. The number of rotatable bonds is 4. The number of aromatic nitrogens is 2. The molecule has 3 aromatic rings. The van der Waals surface area contributed by atoms with Gasteiger partial charge in [-0.2, -0.15) is 8.75 Å². The summed E-state index contributed by atoms with van der Waals surface area (Å²) in [6.07, 6.45) is 0. The second kappa shape index (κ2) is 6.19. The third kappa shape index (κ3) is 3.37. The Labute approximate surface area is 130 Å². The molecular weight excluding hydrogens is 304 g/mol. The number of carbonyl (C=O) groups is 1. The minimum atomic E-state index is -0.0834. The van der Waals surface area contributed by atoms with Gasteiger partial charge in [-0.15, -0.1) is 11.3 Å². The van der Waals surface area contributed by atoms with E-state index in [0.29, 0.717) is 13.1 Å². The number of amides is 2. The van der Waals surface area contributed by atoms with Crippen molar-refractivity contribution in [3.63, 3.8) is 0 Å². The van der Waals surface area contributed by atoms with Crippen LogP contribution in [0.5, 0.6) is 0 Å². The molecule has 7 heteroatoms. The molecule has 3 rings (SSSR count). The summed E-state index contributed by atoms with van der Waals surface area (Å²) in [4.78, 5) is 14.9. The van der Waals surface area contributed by atoms with Crippen LogP contribution in [0.25, 0.3) is 11.0 Å². The molecule has 0 spiro atoms. The van der Waals surface area contributed by atoms with E-state index in [9.17, 15) is 4.79 Å². The number of thiophene rings is 1. The highest BCUT2D eigenvalue weighted by Gasteiger charge is 2.10. The van der Waals surface area contributed by atoms with Gasteiger partial charge in [0, 0.05) is 18.5 Å². The number of benzene rings is 1. The molecule has 0 aliphatic heterocycles. The van der Waals surface area contributed by atoms with Gasteiger partial charge < -0.3 is 10.2 Å². The number of carbonyl (C=O) groups excluding carboxylic acids is 1. The lowest BCUT2D eigenvalue weighted by Crippen LogP contribution is -2.36. The average molecular weight is 318 g/mol. The second-order valence-corrected chi connectivity index (χ2v) is 6.24. The first-order valence-electron chi connectivity index (χ1n) is 6.45. The number of nitrogens with one attached hydrogen (secondary N) is 1. The maximum atomic E-state index is 12.0. The van der Waals surface area contributed by atoms with Crippen LogP contribution in [0.15, 0.2) is 35.7 Å². The SMILES string of the molecule is CN(Cc1ccc2nsnc2c1)C(=O)NCc1cccs1. The monoisotopic (exact) mass is 318 g/mol. The van der Waals surface area contributed by atoms with Crippen molar-refractivity contribution < 1.29 is 4.79 Å². The molecule has 0 fully saturated rings. The van der Waals surface area contributed by atoms with Crippen LogP contribution in [-0.2, 0) is 13.1 Å². The molecule has 2 heterocycles. The Morgan fingerprint density at radius 1 is 1.29 bits per heavy atom. The quantitative estimate of drug-likeness (QED) is 0.804. The van der Waals surface area contributed by atoms with E-state index in [0.717, 1.165) is 21.5 Å². The average Bonchev–Trinajstić information content (AvgIpc) is 3.15. The molecule has 1 aromatic carbocycles. The van der Waals surface area contributed by atoms with Crippen molar-refractivity contribution in [3.8, 4) is 0 Å². The van der Waals surface area contributed by atoms with Crippen molar-refractivity contribution in [3.05, 3.63) is 46.2 Å². The zero-order chi connectivity index (χ0) is 14.7. The van der Waals surface area contributed by atoms with E-state index in [2.05, 4.69) is 14.1 Å². The van der Waals surface area contributed by atoms with Gasteiger partial charge in [0.2, 0.25) is 0 Å². The minimum Gasteiger partial charge on any atom is -0.333 e. The number of nitrogens with zero attached hydrogens (tertiary/aromatic N) is 3. The van der Waals surface area contributed by atoms with Gasteiger partial charge in [0.05, 0.1) is 18.3 Å². The summed E-state index contributed by atoms with van der Waals surface area (Å²) < 4.78 is 8.39. The molecule has 0 bridgehead atoms. The van der Waals surface area contributed by atoms with Crippen LogP contribution in [0, 0.1) is 0 Å². The van der Waals surface area contributed by atoms with Crippen LogP contribution in [0.4, 0.5) is 4.79 Å². The second-order valence-electron chi connectivity index (χ2n) is 4.68. The minimum absolute atomic E-state index is 0.0834. The molecule has 5 nitrogen and oxygen atoms in total. The first-order valence-corrected chi connectivity index (χ1v) is 8.06. The van der Waals surface area contributed by atoms with Crippen molar-refractivity contribution in [2.75, 3.05) is 7.05 Å². The lowest BCUT2D eigenvalue weighted by molar-refractivity contribution is 0.206. The highest BCUT2D eigenvalue weighted by atomic mass is 32.1. The van der Waals surface area contributed by atoms with E-state index in [1.54, 1.807) is 23.3 Å².